The Hall–Kier alpha value is -2.53. The van der Waals surface area contributed by atoms with Gasteiger partial charge in [0.1, 0.15) is 11.5 Å². The topological polar surface area (TPSA) is 42.0 Å². The molecule has 0 aromatic heterocycles. The Kier molecular flexibility index (Phi) is 5.58. The smallest absolute Gasteiger partial charge is 0.226 e. The lowest BCUT2D eigenvalue weighted by molar-refractivity contribution is -0.133. The molecule has 5 heteroatoms. The Bertz CT molecular complexity index is 770. The van der Waals surface area contributed by atoms with Crippen LogP contribution in [0, 0.1) is 0 Å². The van der Waals surface area contributed by atoms with Gasteiger partial charge in [0.15, 0.2) is 0 Å². The summed E-state index contributed by atoms with van der Waals surface area (Å²) < 4.78 is 11.2. The third-order valence-corrected chi connectivity index (χ3v) is 5.21. The molecule has 0 radical (unpaired) electrons. The highest BCUT2D eigenvalue weighted by molar-refractivity contribution is 5.76. The largest absolute Gasteiger partial charge is 0.493 e. The quantitative estimate of drug-likeness (QED) is 0.788. The fourth-order valence-corrected chi connectivity index (χ4v) is 3.68. The first kappa shape index (κ1) is 17.9. The normalized spacial score (nSPS) is 16.7. The van der Waals surface area contributed by atoms with Crippen LogP contribution in [0.4, 0.5) is 0 Å². The predicted octanol–water partition coefficient (Wildman–Crippen LogP) is 2.73. The molecule has 0 unspecified atom stereocenters. The second-order valence-corrected chi connectivity index (χ2v) is 7.11. The lowest BCUT2D eigenvalue weighted by Gasteiger charge is -2.34. The van der Waals surface area contributed by atoms with E-state index >= 15 is 0 Å². The molecular weight excluding hydrogens is 340 g/mol. The zero-order valence-electron chi connectivity index (χ0n) is 15.6. The van der Waals surface area contributed by atoms with Crippen LogP contribution >= 0.6 is 0 Å². The lowest BCUT2D eigenvalue weighted by Crippen LogP contribution is -2.48. The number of hydrogen-bond donors (Lipinski definition) is 0. The average Bonchev–Trinajstić information content (AvgIpc) is 3.17. The monoisotopic (exact) mass is 366 g/mol. The van der Waals surface area contributed by atoms with Crippen molar-refractivity contribution in [3.05, 3.63) is 59.7 Å². The number of benzene rings is 2. The van der Waals surface area contributed by atoms with Crippen LogP contribution in [0.2, 0.25) is 0 Å². The van der Waals surface area contributed by atoms with Crippen LogP contribution in [-0.2, 0) is 17.8 Å². The Morgan fingerprint density at radius 1 is 1.04 bits per heavy atom. The van der Waals surface area contributed by atoms with Gasteiger partial charge in [0.25, 0.3) is 0 Å². The number of carbonyl (C=O) groups excluding carboxylic acids is 1. The van der Waals surface area contributed by atoms with Crippen molar-refractivity contribution in [3.8, 4) is 11.5 Å². The third kappa shape index (κ3) is 4.61. The number of carbonyl (C=O) groups is 1. The molecule has 2 aliphatic heterocycles. The molecule has 0 spiro atoms. The highest BCUT2D eigenvalue weighted by atomic mass is 16.5. The number of para-hydroxylation sites is 1. The fourth-order valence-electron chi connectivity index (χ4n) is 3.68. The maximum Gasteiger partial charge on any atom is 0.226 e. The van der Waals surface area contributed by atoms with Crippen LogP contribution in [0.3, 0.4) is 0 Å². The molecule has 142 valence electrons. The van der Waals surface area contributed by atoms with Gasteiger partial charge in [-0.2, -0.15) is 0 Å². The van der Waals surface area contributed by atoms with Gasteiger partial charge in [0, 0.05) is 39.1 Å². The van der Waals surface area contributed by atoms with Crippen molar-refractivity contribution < 1.29 is 14.3 Å². The van der Waals surface area contributed by atoms with E-state index < -0.39 is 0 Å². The number of fused-ring (bicyclic) bond motifs is 1. The Labute approximate surface area is 160 Å². The number of piperazine rings is 1. The molecule has 27 heavy (non-hydrogen) atoms. The van der Waals surface area contributed by atoms with Crippen molar-refractivity contribution in [2.75, 3.05) is 39.4 Å². The van der Waals surface area contributed by atoms with E-state index in [1.54, 1.807) is 0 Å². The van der Waals surface area contributed by atoms with Crippen LogP contribution in [0.1, 0.15) is 17.5 Å². The molecular formula is C22H26N2O3. The maximum absolute atomic E-state index is 12.4. The van der Waals surface area contributed by atoms with Gasteiger partial charge >= 0.3 is 0 Å². The molecule has 0 atom stereocenters. The second kappa shape index (κ2) is 8.44. The van der Waals surface area contributed by atoms with Gasteiger partial charge in [-0.3, -0.25) is 9.69 Å². The first-order chi connectivity index (χ1) is 13.3. The van der Waals surface area contributed by atoms with Crippen molar-refractivity contribution in [3.63, 3.8) is 0 Å². The zero-order valence-corrected chi connectivity index (χ0v) is 15.6. The van der Waals surface area contributed by atoms with E-state index in [9.17, 15) is 4.79 Å². The molecule has 0 aliphatic carbocycles. The molecule has 0 N–H and O–H groups in total. The van der Waals surface area contributed by atoms with Crippen LogP contribution in [0.25, 0.3) is 0 Å². The molecule has 5 nitrogen and oxygen atoms in total. The summed E-state index contributed by atoms with van der Waals surface area (Å²) >= 11 is 0. The molecule has 2 aromatic rings. The van der Waals surface area contributed by atoms with Gasteiger partial charge in [-0.1, -0.05) is 30.3 Å². The van der Waals surface area contributed by atoms with Gasteiger partial charge in [0.05, 0.1) is 19.6 Å². The minimum Gasteiger partial charge on any atom is -0.493 e. The fraction of sp³-hybridized carbons (Fsp3) is 0.409. The number of hydrogen-bond acceptors (Lipinski definition) is 4. The molecule has 1 amide bonds. The van der Waals surface area contributed by atoms with Crippen LogP contribution in [-0.4, -0.2) is 55.1 Å². The highest BCUT2D eigenvalue weighted by Gasteiger charge is 2.21. The number of nitrogens with zero attached hydrogens (tertiary/aromatic N) is 2. The second-order valence-electron chi connectivity index (χ2n) is 7.11. The molecule has 1 fully saturated rings. The van der Waals surface area contributed by atoms with E-state index in [-0.39, 0.29) is 5.91 Å². The number of rotatable bonds is 6. The van der Waals surface area contributed by atoms with E-state index in [4.69, 9.17) is 9.47 Å². The summed E-state index contributed by atoms with van der Waals surface area (Å²) in [4.78, 5) is 16.8. The molecule has 2 aliphatic rings. The van der Waals surface area contributed by atoms with Crippen molar-refractivity contribution >= 4 is 5.91 Å². The molecule has 2 heterocycles. The summed E-state index contributed by atoms with van der Waals surface area (Å²) in [5.41, 5.74) is 2.65. The summed E-state index contributed by atoms with van der Waals surface area (Å²) in [5, 5.41) is 0. The molecule has 1 saturated heterocycles. The maximum atomic E-state index is 12.4. The first-order valence-corrected chi connectivity index (χ1v) is 9.70. The van der Waals surface area contributed by atoms with Crippen molar-refractivity contribution in [1.82, 2.24) is 9.80 Å². The van der Waals surface area contributed by atoms with E-state index in [0.717, 1.165) is 57.3 Å². The SMILES string of the molecule is O=C(CCOc1ccccc1)N1CCN(Cc2ccc3c(c2)CCO3)CC1. The van der Waals surface area contributed by atoms with Gasteiger partial charge in [0.2, 0.25) is 5.91 Å². The number of ether oxygens (including phenoxy) is 2. The molecule has 4 rings (SSSR count). The van der Waals surface area contributed by atoms with Gasteiger partial charge in [-0.15, -0.1) is 0 Å². The summed E-state index contributed by atoms with van der Waals surface area (Å²) in [6.07, 6.45) is 1.44. The van der Waals surface area contributed by atoms with E-state index in [1.165, 1.54) is 11.1 Å². The van der Waals surface area contributed by atoms with E-state index in [2.05, 4.69) is 23.1 Å². The first-order valence-electron chi connectivity index (χ1n) is 9.70. The molecule has 2 aromatic carbocycles. The minimum absolute atomic E-state index is 0.181. The summed E-state index contributed by atoms with van der Waals surface area (Å²) in [7, 11) is 0. The van der Waals surface area contributed by atoms with Gasteiger partial charge < -0.3 is 14.4 Å². The van der Waals surface area contributed by atoms with Crippen molar-refractivity contribution in [1.29, 1.82) is 0 Å². The van der Waals surface area contributed by atoms with Crippen LogP contribution < -0.4 is 9.47 Å². The Morgan fingerprint density at radius 3 is 2.67 bits per heavy atom. The predicted molar refractivity (Wildman–Crippen MR) is 104 cm³/mol. The minimum atomic E-state index is 0.181. The summed E-state index contributed by atoms with van der Waals surface area (Å²) in [6, 6.07) is 16.2. The van der Waals surface area contributed by atoms with Crippen molar-refractivity contribution in [2.45, 2.75) is 19.4 Å². The average molecular weight is 366 g/mol. The van der Waals surface area contributed by atoms with E-state index in [0.29, 0.717) is 13.0 Å². The molecule has 0 bridgehead atoms. The van der Waals surface area contributed by atoms with Crippen LogP contribution in [0.15, 0.2) is 48.5 Å². The Morgan fingerprint density at radius 2 is 1.85 bits per heavy atom. The third-order valence-electron chi connectivity index (χ3n) is 5.21. The summed E-state index contributed by atoms with van der Waals surface area (Å²) in [6.45, 7) is 5.58. The van der Waals surface area contributed by atoms with Crippen molar-refractivity contribution in [2.24, 2.45) is 0 Å². The van der Waals surface area contributed by atoms with Crippen LogP contribution in [0.5, 0.6) is 11.5 Å². The van der Waals surface area contributed by atoms with E-state index in [1.807, 2.05) is 35.2 Å². The number of amides is 1. The lowest BCUT2D eigenvalue weighted by atomic mass is 10.1. The highest BCUT2D eigenvalue weighted by Crippen LogP contribution is 2.26. The Balaban J connectivity index is 1.20. The van der Waals surface area contributed by atoms with Gasteiger partial charge in [-0.05, 0) is 29.3 Å². The summed E-state index contributed by atoms with van der Waals surface area (Å²) in [5.74, 6) is 2.03. The zero-order chi connectivity index (χ0) is 18.5. The molecule has 0 saturated carbocycles. The van der Waals surface area contributed by atoms with Gasteiger partial charge in [-0.25, -0.2) is 0 Å². The standard InChI is InChI=1S/C22H26N2O3/c25-22(9-15-26-20-4-2-1-3-5-20)24-12-10-23(11-13-24)17-18-6-7-21-19(16-18)8-14-27-21/h1-7,16H,8-15,17H2.